The largest absolute Gasteiger partial charge is 0.416 e. The SMILES string of the molecule is C[C@H](NC(=O)c1ccccc1)[C@H](O)c1ccc(C(F)(F)F)cc1. The molecular formula is C17H16F3NO2. The van der Waals surface area contributed by atoms with Crippen LogP contribution in [0.5, 0.6) is 0 Å². The highest BCUT2D eigenvalue weighted by atomic mass is 19.4. The second kappa shape index (κ2) is 6.83. The minimum absolute atomic E-state index is 0.305. The summed E-state index contributed by atoms with van der Waals surface area (Å²) in [6.07, 6.45) is -5.53. The first kappa shape index (κ1) is 17.0. The third-order valence-electron chi connectivity index (χ3n) is 3.45. The summed E-state index contributed by atoms with van der Waals surface area (Å²) in [5, 5.41) is 12.8. The summed E-state index contributed by atoms with van der Waals surface area (Å²) < 4.78 is 37.6. The van der Waals surface area contributed by atoms with Crippen LogP contribution >= 0.6 is 0 Å². The lowest BCUT2D eigenvalue weighted by molar-refractivity contribution is -0.137. The zero-order chi connectivity index (χ0) is 17.0. The zero-order valence-electron chi connectivity index (χ0n) is 12.3. The average Bonchev–Trinajstić information content (AvgIpc) is 2.54. The van der Waals surface area contributed by atoms with Crippen molar-refractivity contribution in [1.82, 2.24) is 5.32 Å². The van der Waals surface area contributed by atoms with Crippen molar-refractivity contribution in [3.63, 3.8) is 0 Å². The fourth-order valence-corrected chi connectivity index (χ4v) is 2.12. The van der Waals surface area contributed by atoms with Crippen LogP contribution in [0.2, 0.25) is 0 Å². The Labute approximate surface area is 131 Å². The maximum absolute atomic E-state index is 12.5. The lowest BCUT2D eigenvalue weighted by Gasteiger charge is -2.21. The molecule has 3 nitrogen and oxygen atoms in total. The zero-order valence-corrected chi connectivity index (χ0v) is 12.3. The van der Waals surface area contributed by atoms with Crippen LogP contribution in [0, 0.1) is 0 Å². The molecule has 0 heterocycles. The van der Waals surface area contributed by atoms with Crippen molar-refractivity contribution in [2.75, 3.05) is 0 Å². The van der Waals surface area contributed by atoms with E-state index in [0.29, 0.717) is 11.1 Å². The number of carbonyl (C=O) groups excluding carboxylic acids is 1. The number of nitrogens with one attached hydrogen (secondary N) is 1. The van der Waals surface area contributed by atoms with Gasteiger partial charge < -0.3 is 10.4 Å². The molecule has 2 aromatic carbocycles. The monoisotopic (exact) mass is 323 g/mol. The van der Waals surface area contributed by atoms with Gasteiger partial charge in [0.1, 0.15) is 0 Å². The molecule has 0 saturated heterocycles. The van der Waals surface area contributed by atoms with Gasteiger partial charge in [0.05, 0.1) is 17.7 Å². The van der Waals surface area contributed by atoms with Crippen LogP contribution in [-0.4, -0.2) is 17.1 Å². The molecule has 0 fully saturated rings. The molecule has 2 rings (SSSR count). The highest BCUT2D eigenvalue weighted by Crippen LogP contribution is 2.30. The standard InChI is InChI=1S/C17H16F3NO2/c1-11(21-16(23)13-5-3-2-4-6-13)15(22)12-7-9-14(10-8-12)17(18,19)20/h2-11,15,22H,1H3,(H,21,23)/t11-,15-/m0/s1. The van der Waals surface area contributed by atoms with Crippen LogP contribution in [0.1, 0.15) is 34.5 Å². The third kappa shape index (κ3) is 4.32. The number of halogens is 3. The minimum atomic E-state index is -4.42. The second-order valence-corrected chi connectivity index (χ2v) is 5.19. The summed E-state index contributed by atoms with van der Waals surface area (Å²) in [7, 11) is 0. The van der Waals surface area contributed by atoms with E-state index in [1.165, 1.54) is 12.1 Å². The molecule has 0 bridgehead atoms. The van der Waals surface area contributed by atoms with E-state index in [4.69, 9.17) is 0 Å². The highest BCUT2D eigenvalue weighted by Gasteiger charge is 2.30. The van der Waals surface area contributed by atoms with Crippen LogP contribution in [0.3, 0.4) is 0 Å². The number of carbonyl (C=O) groups is 1. The van der Waals surface area contributed by atoms with Gasteiger partial charge in [-0.3, -0.25) is 4.79 Å². The van der Waals surface area contributed by atoms with Crippen molar-refractivity contribution in [3.8, 4) is 0 Å². The molecule has 2 atom stereocenters. The van der Waals surface area contributed by atoms with Crippen molar-refractivity contribution in [3.05, 3.63) is 71.3 Å². The molecule has 1 amide bonds. The number of aliphatic hydroxyl groups excluding tert-OH is 1. The molecule has 2 aromatic rings. The van der Waals surface area contributed by atoms with E-state index in [0.717, 1.165) is 12.1 Å². The van der Waals surface area contributed by atoms with Crippen molar-refractivity contribution in [2.24, 2.45) is 0 Å². The Morgan fingerprint density at radius 3 is 2.13 bits per heavy atom. The summed E-state index contributed by atoms with van der Waals surface area (Å²) >= 11 is 0. The molecule has 0 saturated carbocycles. The van der Waals surface area contributed by atoms with E-state index in [9.17, 15) is 23.1 Å². The molecule has 2 N–H and O–H groups in total. The molecule has 0 unspecified atom stereocenters. The van der Waals surface area contributed by atoms with Gasteiger partial charge in [-0.1, -0.05) is 30.3 Å². The van der Waals surface area contributed by atoms with Crippen LogP contribution in [0.15, 0.2) is 54.6 Å². The topological polar surface area (TPSA) is 49.3 Å². The smallest absolute Gasteiger partial charge is 0.386 e. The number of benzene rings is 2. The van der Waals surface area contributed by atoms with Gasteiger partial charge in [0.2, 0.25) is 0 Å². The Bertz CT molecular complexity index is 654. The molecule has 0 radical (unpaired) electrons. The molecular weight excluding hydrogens is 307 g/mol. The van der Waals surface area contributed by atoms with Crippen LogP contribution in [0.25, 0.3) is 0 Å². The van der Waals surface area contributed by atoms with Gasteiger partial charge in [0, 0.05) is 5.56 Å². The lowest BCUT2D eigenvalue weighted by Crippen LogP contribution is -2.37. The first-order valence-electron chi connectivity index (χ1n) is 7.00. The molecule has 0 aliphatic heterocycles. The Hall–Kier alpha value is -2.34. The Morgan fingerprint density at radius 1 is 1.04 bits per heavy atom. The fourth-order valence-electron chi connectivity index (χ4n) is 2.12. The van der Waals surface area contributed by atoms with Crippen LogP contribution in [0.4, 0.5) is 13.2 Å². The van der Waals surface area contributed by atoms with Crippen LogP contribution in [-0.2, 0) is 6.18 Å². The molecule has 23 heavy (non-hydrogen) atoms. The average molecular weight is 323 g/mol. The summed E-state index contributed by atoms with van der Waals surface area (Å²) in [6, 6.07) is 12.0. The Morgan fingerprint density at radius 2 is 1.61 bits per heavy atom. The maximum Gasteiger partial charge on any atom is 0.416 e. The fraction of sp³-hybridized carbons (Fsp3) is 0.235. The van der Waals surface area contributed by atoms with E-state index >= 15 is 0 Å². The number of hydrogen-bond acceptors (Lipinski definition) is 2. The van der Waals surface area contributed by atoms with Crippen molar-refractivity contribution >= 4 is 5.91 Å². The van der Waals surface area contributed by atoms with Crippen molar-refractivity contribution in [1.29, 1.82) is 0 Å². The summed E-state index contributed by atoms with van der Waals surface area (Å²) in [5.74, 6) is -0.357. The lowest BCUT2D eigenvalue weighted by atomic mass is 10.0. The van der Waals surface area contributed by atoms with Crippen molar-refractivity contribution in [2.45, 2.75) is 25.2 Å². The van der Waals surface area contributed by atoms with Gasteiger partial charge in [0.25, 0.3) is 5.91 Å². The van der Waals surface area contributed by atoms with E-state index in [2.05, 4.69) is 5.32 Å². The number of amides is 1. The third-order valence-corrected chi connectivity index (χ3v) is 3.45. The normalized spacial score (nSPS) is 14.1. The predicted octanol–water partition coefficient (Wildman–Crippen LogP) is 3.56. The maximum atomic E-state index is 12.5. The van der Waals surface area contributed by atoms with E-state index in [1.807, 2.05) is 0 Å². The summed E-state index contributed by atoms with van der Waals surface area (Å²) in [6.45, 7) is 1.59. The first-order chi connectivity index (χ1) is 10.8. The number of hydrogen-bond donors (Lipinski definition) is 2. The van der Waals surface area contributed by atoms with E-state index < -0.39 is 23.9 Å². The number of rotatable bonds is 4. The first-order valence-corrected chi connectivity index (χ1v) is 7.00. The Kier molecular flexibility index (Phi) is 5.05. The molecule has 6 heteroatoms. The molecule has 122 valence electrons. The van der Waals surface area contributed by atoms with Gasteiger partial charge in [-0.25, -0.2) is 0 Å². The molecule has 0 aromatic heterocycles. The second-order valence-electron chi connectivity index (χ2n) is 5.19. The van der Waals surface area contributed by atoms with E-state index in [-0.39, 0.29) is 5.91 Å². The summed E-state index contributed by atoms with van der Waals surface area (Å²) in [4.78, 5) is 12.0. The Balaban J connectivity index is 2.05. The minimum Gasteiger partial charge on any atom is -0.386 e. The van der Waals surface area contributed by atoms with Gasteiger partial charge in [0.15, 0.2) is 0 Å². The molecule has 0 aliphatic rings. The highest BCUT2D eigenvalue weighted by molar-refractivity contribution is 5.94. The van der Waals surface area contributed by atoms with Gasteiger partial charge in [-0.15, -0.1) is 0 Å². The van der Waals surface area contributed by atoms with Gasteiger partial charge in [-0.2, -0.15) is 13.2 Å². The van der Waals surface area contributed by atoms with Gasteiger partial charge in [-0.05, 0) is 36.8 Å². The summed E-state index contributed by atoms with van der Waals surface area (Å²) in [5.41, 5.74) is -0.0349. The van der Waals surface area contributed by atoms with Crippen molar-refractivity contribution < 1.29 is 23.1 Å². The molecule has 0 aliphatic carbocycles. The molecule has 0 spiro atoms. The van der Waals surface area contributed by atoms with Crippen LogP contribution < -0.4 is 5.32 Å². The predicted molar refractivity (Wildman–Crippen MR) is 79.8 cm³/mol. The quantitative estimate of drug-likeness (QED) is 0.904. The van der Waals surface area contributed by atoms with E-state index in [1.54, 1.807) is 37.3 Å². The number of aliphatic hydroxyl groups is 1. The number of alkyl halides is 3. The van der Waals surface area contributed by atoms with Gasteiger partial charge >= 0.3 is 6.18 Å².